The van der Waals surface area contributed by atoms with Gasteiger partial charge in [0.15, 0.2) is 11.5 Å². The maximum absolute atomic E-state index is 12.0. The number of anilines is 1. The van der Waals surface area contributed by atoms with Gasteiger partial charge in [0.1, 0.15) is 19.0 Å². The summed E-state index contributed by atoms with van der Waals surface area (Å²) in [6, 6.07) is 7.23. The van der Waals surface area contributed by atoms with E-state index in [1.807, 2.05) is 12.1 Å². The van der Waals surface area contributed by atoms with E-state index in [1.165, 1.54) is 0 Å². The largest absolute Gasteiger partial charge is 0.486 e. The van der Waals surface area contributed by atoms with Crippen molar-refractivity contribution in [2.45, 2.75) is 12.8 Å². The van der Waals surface area contributed by atoms with Crippen molar-refractivity contribution in [1.29, 1.82) is 0 Å². The van der Waals surface area contributed by atoms with Gasteiger partial charge >= 0.3 is 0 Å². The SMILES string of the molecule is O=C(CCc1ccco1)Nc1cc2c(cc1Br)OCCO2. The molecular formula is C15H14BrNO4. The molecule has 2 aromatic rings. The van der Waals surface area contributed by atoms with Gasteiger partial charge in [-0.05, 0) is 28.1 Å². The summed E-state index contributed by atoms with van der Waals surface area (Å²) in [7, 11) is 0. The molecule has 0 aliphatic carbocycles. The molecule has 1 N–H and O–H groups in total. The highest BCUT2D eigenvalue weighted by Crippen LogP contribution is 2.38. The maximum atomic E-state index is 12.0. The first-order valence-electron chi connectivity index (χ1n) is 6.64. The lowest BCUT2D eigenvalue weighted by Crippen LogP contribution is -2.17. The minimum atomic E-state index is -0.0798. The molecule has 6 heteroatoms. The monoisotopic (exact) mass is 351 g/mol. The zero-order chi connectivity index (χ0) is 14.7. The molecule has 5 nitrogen and oxygen atoms in total. The molecule has 2 heterocycles. The average Bonchev–Trinajstić information content (AvgIpc) is 2.99. The number of benzene rings is 1. The molecule has 0 saturated carbocycles. The zero-order valence-corrected chi connectivity index (χ0v) is 12.8. The van der Waals surface area contributed by atoms with Gasteiger partial charge in [0.05, 0.1) is 12.0 Å². The van der Waals surface area contributed by atoms with Crippen molar-refractivity contribution < 1.29 is 18.7 Å². The molecule has 1 aliphatic rings. The molecule has 1 aromatic heterocycles. The van der Waals surface area contributed by atoms with Crippen molar-refractivity contribution in [2.75, 3.05) is 18.5 Å². The topological polar surface area (TPSA) is 60.7 Å². The minimum absolute atomic E-state index is 0.0798. The summed E-state index contributed by atoms with van der Waals surface area (Å²) in [4.78, 5) is 12.0. The van der Waals surface area contributed by atoms with Crippen LogP contribution in [0.3, 0.4) is 0 Å². The summed E-state index contributed by atoms with van der Waals surface area (Å²) in [5.74, 6) is 2.04. The third-order valence-corrected chi connectivity index (χ3v) is 3.74. The fraction of sp³-hybridized carbons (Fsp3) is 0.267. The molecule has 1 amide bonds. The third-order valence-electron chi connectivity index (χ3n) is 3.08. The number of hydrogen-bond donors (Lipinski definition) is 1. The van der Waals surface area contributed by atoms with Crippen molar-refractivity contribution in [3.8, 4) is 11.5 Å². The van der Waals surface area contributed by atoms with Crippen LogP contribution in [0.2, 0.25) is 0 Å². The second-order valence-corrected chi connectivity index (χ2v) is 5.46. The van der Waals surface area contributed by atoms with Crippen LogP contribution in [-0.2, 0) is 11.2 Å². The van der Waals surface area contributed by atoms with Crippen molar-refractivity contribution in [3.63, 3.8) is 0 Å². The Kier molecular flexibility index (Phi) is 4.15. The predicted molar refractivity (Wildman–Crippen MR) is 80.8 cm³/mol. The van der Waals surface area contributed by atoms with Gasteiger partial charge in [-0.1, -0.05) is 0 Å². The Labute approximate surface area is 130 Å². The van der Waals surface area contributed by atoms with Crippen molar-refractivity contribution >= 4 is 27.5 Å². The molecular weight excluding hydrogens is 338 g/mol. The first kappa shape index (κ1) is 14.0. The van der Waals surface area contributed by atoms with E-state index in [-0.39, 0.29) is 5.91 Å². The number of aryl methyl sites for hydroxylation is 1. The van der Waals surface area contributed by atoms with Crippen LogP contribution in [0, 0.1) is 0 Å². The molecule has 1 aliphatic heterocycles. The van der Waals surface area contributed by atoms with Crippen LogP contribution >= 0.6 is 15.9 Å². The van der Waals surface area contributed by atoms with Gasteiger partial charge in [-0.3, -0.25) is 4.79 Å². The molecule has 0 fully saturated rings. The number of halogens is 1. The lowest BCUT2D eigenvalue weighted by atomic mass is 10.2. The van der Waals surface area contributed by atoms with Crippen molar-refractivity contribution in [3.05, 3.63) is 40.8 Å². The van der Waals surface area contributed by atoms with E-state index in [0.717, 1.165) is 10.2 Å². The number of fused-ring (bicyclic) bond motifs is 1. The number of ether oxygens (including phenoxy) is 2. The highest BCUT2D eigenvalue weighted by atomic mass is 79.9. The summed E-state index contributed by atoms with van der Waals surface area (Å²) in [5, 5.41) is 2.86. The fourth-order valence-corrected chi connectivity index (χ4v) is 2.49. The highest BCUT2D eigenvalue weighted by Gasteiger charge is 2.16. The van der Waals surface area contributed by atoms with Gasteiger partial charge in [0, 0.05) is 29.4 Å². The maximum Gasteiger partial charge on any atom is 0.224 e. The van der Waals surface area contributed by atoms with Crippen LogP contribution in [-0.4, -0.2) is 19.1 Å². The zero-order valence-electron chi connectivity index (χ0n) is 11.2. The smallest absolute Gasteiger partial charge is 0.224 e. The summed E-state index contributed by atoms with van der Waals surface area (Å²) in [5.41, 5.74) is 0.670. The summed E-state index contributed by atoms with van der Waals surface area (Å²) >= 11 is 3.42. The lowest BCUT2D eigenvalue weighted by molar-refractivity contribution is -0.116. The molecule has 110 valence electrons. The van der Waals surface area contributed by atoms with Gasteiger partial charge < -0.3 is 19.2 Å². The van der Waals surface area contributed by atoms with Crippen molar-refractivity contribution in [1.82, 2.24) is 0 Å². The second kappa shape index (κ2) is 6.22. The fourth-order valence-electron chi connectivity index (χ4n) is 2.06. The number of carbonyl (C=O) groups excluding carboxylic acids is 1. The van der Waals surface area contributed by atoms with Crippen LogP contribution in [0.25, 0.3) is 0 Å². The minimum Gasteiger partial charge on any atom is -0.486 e. The normalized spacial score (nSPS) is 13.0. The number of hydrogen-bond acceptors (Lipinski definition) is 4. The molecule has 0 radical (unpaired) electrons. The first-order valence-corrected chi connectivity index (χ1v) is 7.43. The summed E-state index contributed by atoms with van der Waals surface area (Å²) in [6.07, 6.45) is 2.53. The molecule has 0 atom stereocenters. The van der Waals surface area contributed by atoms with Gasteiger partial charge in [0.2, 0.25) is 5.91 Å². The van der Waals surface area contributed by atoms with Crippen LogP contribution < -0.4 is 14.8 Å². The molecule has 3 rings (SSSR count). The molecule has 0 spiro atoms. The van der Waals surface area contributed by atoms with Crippen LogP contribution in [0.5, 0.6) is 11.5 Å². The quantitative estimate of drug-likeness (QED) is 0.917. The van der Waals surface area contributed by atoms with Gasteiger partial charge in [-0.2, -0.15) is 0 Å². The van der Waals surface area contributed by atoms with Gasteiger partial charge in [-0.15, -0.1) is 0 Å². The lowest BCUT2D eigenvalue weighted by Gasteiger charge is -2.20. The summed E-state index contributed by atoms with van der Waals surface area (Å²) < 4.78 is 17.0. The van der Waals surface area contributed by atoms with E-state index in [2.05, 4.69) is 21.2 Å². The molecule has 1 aromatic carbocycles. The second-order valence-electron chi connectivity index (χ2n) is 4.60. The number of nitrogens with one attached hydrogen (secondary N) is 1. The van der Waals surface area contributed by atoms with E-state index in [0.29, 0.717) is 43.2 Å². The van der Waals surface area contributed by atoms with E-state index < -0.39 is 0 Å². The Morgan fingerprint density at radius 1 is 1.24 bits per heavy atom. The predicted octanol–water partition coefficient (Wildman–Crippen LogP) is 3.38. The Balaban J connectivity index is 1.65. The standard InChI is InChI=1S/C15H14BrNO4/c16-11-8-13-14(21-7-6-20-13)9-12(11)17-15(18)4-3-10-2-1-5-19-10/h1-2,5,8-9H,3-4,6-7H2,(H,17,18). The van der Waals surface area contributed by atoms with E-state index in [9.17, 15) is 4.79 Å². The average molecular weight is 352 g/mol. The Bertz CT molecular complexity index is 639. The van der Waals surface area contributed by atoms with Crippen LogP contribution in [0.1, 0.15) is 12.2 Å². The Morgan fingerprint density at radius 2 is 2.00 bits per heavy atom. The van der Waals surface area contributed by atoms with Gasteiger partial charge in [-0.25, -0.2) is 0 Å². The van der Waals surface area contributed by atoms with E-state index >= 15 is 0 Å². The van der Waals surface area contributed by atoms with Gasteiger partial charge in [0.25, 0.3) is 0 Å². The Hall–Kier alpha value is -1.95. The molecule has 0 bridgehead atoms. The molecule has 21 heavy (non-hydrogen) atoms. The molecule has 0 saturated heterocycles. The summed E-state index contributed by atoms with van der Waals surface area (Å²) in [6.45, 7) is 1.05. The van der Waals surface area contributed by atoms with E-state index in [4.69, 9.17) is 13.9 Å². The van der Waals surface area contributed by atoms with Crippen LogP contribution in [0.4, 0.5) is 5.69 Å². The highest BCUT2D eigenvalue weighted by molar-refractivity contribution is 9.10. The number of rotatable bonds is 4. The molecule has 0 unspecified atom stereocenters. The number of carbonyl (C=O) groups is 1. The number of furan rings is 1. The first-order chi connectivity index (χ1) is 10.2. The van der Waals surface area contributed by atoms with Crippen molar-refractivity contribution in [2.24, 2.45) is 0 Å². The number of amides is 1. The Morgan fingerprint density at radius 3 is 2.71 bits per heavy atom. The van der Waals surface area contributed by atoms with E-state index in [1.54, 1.807) is 18.4 Å². The third kappa shape index (κ3) is 3.39. The van der Waals surface area contributed by atoms with Crippen LogP contribution in [0.15, 0.2) is 39.4 Å².